The van der Waals surface area contributed by atoms with E-state index in [2.05, 4.69) is 16.4 Å². The number of para-hydroxylation sites is 1. The van der Waals surface area contributed by atoms with Crippen LogP contribution in [-0.2, 0) is 24.2 Å². The average Bonchev–Trinajstić information content (AvgIpc) is 2.65. The summed E-state index contributed by atoms with van der Waals surface area (Å²) in [5.74, 6) is -0.383. The molecule has 4 rings (SSSR count). The molecule has 0 unspecified atom stereocenters. The summed E-state index contributed by atoms with van der Waals surface area (Å²) in [6.45, 7) is -0.317. The fourth-order valence-electron chi connectivity index (χ4n) is 3.57. The highest BCUT2D eigenvalue weighted by molar-refractivity contribution is 5.91. The van der Waals surface area contributed by atoms with Crippen molar-refractivity contribution in [3.8, 4) is 0 Å². The van der Waals surface area contributed by atoms with Gasteiger partial charge in [0.15, 0.2) is 0 Å². The Morgan fingerprint density at radius 3 is 2.73 bits per heavy atom. The van der Waals surface area contributed by atoms with Gasteiger partial charge in [-0.25, -0.2) is 4.79 Å². The quantitative estimate of drug-likeness (QED) is 0.760. The molecule has 6 nitrogen and oxygen atoms in total. The van der Waals surface area contributed by atoms with Gasteiger partial charge in [-0.1, -0.05) is 24.3 Å². The van der Waals surface area contributed by atoms with E-state index < -0.39 is 11.2 Å². The van der Waals surface area contributed by atoms with Crippen molar-refractivity contribution < 1.29 is 4.79 Å². The van der Waals surface area contributed by atoms with Crippen LogP contribution < -0.4 is 16.6 Å². The first kappa shape index (κ1) is 16.3. The summed E-state index contributed by atoms with van der Waals surface area (Å²) in [6.07, 6.45) is 4.21. The molecule has 0 atom stereocenters. The number of hydrogen-bond donors (Lipinski definition) is 2. The Labute approximate surface area is 149 Å². The summed E-state index contributed by atoms with van der Waals surface area (Å²) in [5, 5.41) is 3.26. The van der Waals surface area contributed by atoms with Crippen LogP contribution in [-0.4, -0.2) is 15.5 Å². The number of nitrogens with one attached hydrogen (secondary N) is 2. The first-order chi connectivity index (χ1) is 12.6. The van der Waals surface area contributed by atoms with Crippen LogP contribution in [0.25, 0.3) is 10.9 Å². The number of aromatic amines is 1. The van der Waals surface area contributed by atoms with E-state index in [0.717, 1.165) is 41.5 Å². The molecule has 6 heteroatoms. The smallest absolute Gasteiger partial charge is 0.324 e. The predicted molar refractivity (Wildman–Crippen MR) is 101 cm³/mol. The number of anilines is 1. The zero-order chi connectivity index (χ0) is 18.1. The number of carbonyl (C=O) groups is 1. The summed E-state index contributed by atoms with van der Waals surface area (Å²) < 4.78 is 0.938. The van der Waals surface area contributed by atoms with Gasteiger partial charge in [-0.2, -0.15) is 0 Å². The maximum Gasteiger partial charge on any atom is 0.329 e. The zero-order valence-electron chi connectivity index (χ0n) is 14.2. The molecule has 26 heavy (non-hydrogen) atoms. The summed E-state index contributed by atoms with van der Waals surface area (Å²) in [4.78, 5) is 39.9. The maximum atomic E-state index is 12.5. The Balaban J connectivity index is 1.63. The minimum absolute atomic E-state index is 0.317. The lowest BCUT2D eigenvalue weighted by molar-refractivity contribution is -0.116. The van der Waals surface area contributed by atoms with Crippen LogP contribution in [0.1, 0.15) is 24.0 Å². The lowest BCUT2D eigenvalue weighted by atomic mass is 9.90. The van der Waals surface area contributed by atoms with Crippen LogP contribution in [0.2, 0.25) is 0 Å². The van der Waals surface area contributed by atoms with E-state index in [1.54, 1.807) is 24.3 Å². The first-order valence-electron chi connectivity index (χ1n) is 8.76. The molecule has 0 spiro atoms. The topological polar surface area (TPSA) is 84.0 Å². The van der Waals surface area contributed by atoms with Gasteiger partial charge in [-0.3, -0.25) is 14.2 Å². The van der Waals surface area contributed by atoms with Crippen molar-refractivity contribution in [1.82, 2.24) is 9.55 Å². The number of aromatic nitrogens is 2. The number of carbonyl (C=O) groups excluding carboxylic acids is 1. The van der Waals surface area contributed by atoms with Gasteiger partial charge in [-0.05, 0) is 55.0 Å². The van der Waals surface area contributed by atoms with Gasteiger partial charge in [0.05, 0.1) is 10.9 Å². The number of fused-ring (bicyclic) bond motifs is 2. The Hall–Kier alpha value is -3.15. The van der Waals surface area contributed by atoms with Crippen molar-refractivity contribution in [2.24, 2.45) is 0 Å². The second kappa shape index (κ2) is 6.63. The molecule has 1 amide bonds. The normalized spacial score (nSPS) is 13.4. The van der Waals surface area contributed by atoms with E-state index in [1.807, 2.05) is 12.1 Å². The molecule has 132 valence electrons. The molecule has 2 N–H and O–H groups in total. The van der Waals surface area contributed by atoms with Crippen LogP contribution in [0.4, 0.5) is 5.69 Å². The van der Waals surface area contributed by atoms with Crippen LogP contribution in [0.15, 0.2) is 52.1 Å². The number of H-pyrrole nitrogens is 1. The average molecular weight is 349 g/mol. The largest absolute Gasteiger partial charge is 0.329 e. The number of nitrogens with zero attached hydrogens (tertiary/aromatic N) is 1. The number of benzene rings is 2. The highest BCUT2D eigenvalue weighted by Crippen LogP contribution is 2.27. The van der Waals surface area contributed by atoms with Gasteiger partial charge < -0.3 is 10.3 Å². The van der Waals surface area contributed by atoms with E-state index in [1.165, 1.54) is 5.56 Å². The van der Waals surface area contributed by atoms with Gasteiger partial charge in [0.1, 0.15) is 6.54 Å². The molecule has 0 radical (unpaired) electrons. The second-order valence-corrected chi connectivity index (χ2v) is 6.57. The predicted octanol–water partition coefficient (Wildman–Crippen LogP) is 2.21. The van der Waals surface area contributed by atoms with Crippen LogP contribution in [0.5, 0.6) is 0 Å². The van der Waals surface area contributed by atoms with Crippen molar-refractivity contribution in [3.63, 3.8) is 0 Å². The number of amides is 1. The van der Waals surface area contributed by atoms with Crippen LogP contribution in [0, 0.1) is 0 Å². The van der Waals surface area contributed by atoms with Crippen molar-refractivity contribution in [2.45, 2.75) is 32.2 Å². The van der Waals surface area contributed by atoms with Crippen molar-refractivity contribution in [1.29, 1.82) is 0 Å². The van der Waals surface area contributed by atoms with E-state index in [-0.39, 0.29) is 12.5 Å². The third-order valence-corrected chi connectivity index (χ3v) is 4.86. The number of aryl methyl sites for hydroxylation is 1. The molecular weight excluding hydrogens is 330 g/mol. The minimum atomic E-state index is -0.584. The van der Waals surface area contributed by atoms with Gasteiger partial charge in [0.25, 0.3) is 5.56 Å². The fraction of sp³-hybridized carbons (Fsp3) is 0.250. The molecule has 0 saturated heterocycles. The molecule has 2 aromatic carbocycles. The van der Waals surface area contributed by atoms with Crippen molar-refractivity contribution >= 4 is 22.5 Å². The molecule has 1 aromatic heterocycles. The summed E-state index contributed by atoms with van der Waals surface area (Å²) in [5.41, 5.74) is 2.61. The molecular formula is C20H19N3O3. The minimum Gasteiger partial charge on any atom is -0.324 e. The molecule has 1 heterocycles. The van der Waals surface area contributed by atoms with Gasteiger partial charge in [0.2, 0.25) is 5.91 Å². The Bertz CT molecular complexity index is 1110. The lowest BCUT2D eigenvalue weighted by Crippen LogP contribution is -2.38. The highest BCUT2D eigenvalue weighted by Gasteiger charge is 2.16. The standard InChI is InChI=1S/C20H19N3O3/c24-18(21-16-11-5-7-13-6-1-2-8-14(13)16)12-23-19(25)15-9-3-4-10-17(15)22-20(23)26/h3-5,7,9-11H,1-2,6,8,12H2,(H,21,24)(H,22,26). The van der Waals surface area contributed by atoms with E-state index in [0.29, 0.717) is 10.9 Å². The van der Waals surface area contributed by atoms with Crippen LogP contribution in [0.3, 0.4) is 0 Å². The van der Waals surface area contributed by atoms with E-state index in [9.17, 15) is 14.4 Å². The molecule has 1 aliphatic carbocycles. The zero-order valence-corrected chi connectivity index (χ0v) is 14.2. The van der Waals surface area contributed by atoms with E-state index in [4.69, 9.17) is 0 Å². The van der Waals surface area contributed by atoms with Gasteiger partial charge in [0, 0.05) is 5.69 Å². The van der Waals surface area contributed by atoms with Crippen molar-refractivity contribution in [2.75, 3.05) is 5.32 Å². The van der Waals surface area contributed by atoms with Crippen LogP contribution >= 0.6 is 0 Å². The first-order valence-corrected chi connectivity index (χ1v) is 8.76. The SMILES string of the molecule is O=C(Cn1c(=O)[nH]c2ccccc2c1=O)Nc1cccc2c1CCCC2. The molecule has 1 aliphatic rings. The van der Waals surface area contributed by atoms with E-state index >= 15 is 0 Å². The van der Waals surface area contributed by atoms with Gasteiger partial charge >= 0.3 is 5.69 Å². The summed E-state index contributed by atoms with van der Waals surface area (Å²) >= 11 is 0. The van der Waals surface area contributed by atoms with Gasteiger partial charge in [-0.15, -0.1) is 0 Å². The number of hydrogen-bond acceptors (Lipinski definition) is 3. The molecule has 3 aromatic rings. The Morgan fingerprint density at radius 1 is 1.04 bits per heavy atom. The third kappa shape index (κ3) is 2.94. The molecule has 0 saturated carbocycles. The highest BCUT2D eigenvalue weighted by atomic mass is 16.2. The molecule has 0 aliphatic heterocycles. The third-order valence-electron chi connectivity index (χ3n) is 4.86. The molecule has 0 fully saturated rings. The number of rotatable bonds is 3. The van der Waals surface area contributed by atoms with Crippen molar-refractivity contribution in [3.05, 3.63) is 74.4 Å². The Kier molecular flexibility index (Phi) is 4.16. The summed E-state index contributed by atoms with van der Waals surface area (Å²) in [6, 6.07) is 12.7. The fourth-order valence-corrected chi connectivity index (χ4v) is 3.57. The monoisotopic (exact) mass is 349 g/mol. The Morgan fingerprint density at radius 2 is 1.85 bits per heavy atom. The maximum absolute atomic E-state index is 12.5. The summed E-state index contributed by atoms with van der Waals surface area (Å²) in [7, 11) is 0. The second-order valence-electron chi connectivity index (χ2n) is 6.57. The lowest BCUT2D eigenvalue weighted by Gasteiger charge is -2.19. The molecule has 0 bridgehead atoms.